The first-order valence-electron chi connectivity index (χ1n) is 9.00. The molecular formula is C19H31FN4S. The van der Waals surface area contributed by atoms with E-state index in [1.807, 2.05) is 12.3 Å². The van der Waals surface area contributed by atoms with Crippen LogP contribution in [-0.4, -0.2) is 50.3 Å². The Labute approximate surface area is 155 Å². The number of hydrogen-bond donors (Lipinski definition) is 2. The van der Waals surface area contributed by atoms with Crippen LogP contribution in [0.2, 0.25) is 0 Å². The number of benzene rings is 1. The van der Waals surface area contributed by atoms with Gasteiger partial charge in [0.25, 0.3) is 0 Å². The first-order chi connectivity index (χ1) is 12.0. The van der Waals surface area contributed by atoms with Crippen LogP contribution in [0.25, 0.3) is 0 Å². The Hall–Kier alpha value is -1.27. The number of halogens is 1. The normalized spacial score (nSPS) is 16.2. The molecule has 0 radical (unpaired) electrons. The van der Waals surface area contributed by atoms with Crippen molar-refractivity contribution >= 4 is 17.7 Å². The highest BCUT2D eigenvalue weighted by atomic mass is 32.2. The third-order valence-electron chi connectivity index (χ3n) is 4.53. The fraction of sp³-hybridized carbons (Fsp3) is 0.632. The average Bonchev–Trinajstić information content (AvgIpc) is 3.39. The van der Waals surface area contributed by atoms with Gasteiger partial charge in [0.05, 0.1) is 6.54 Å². The molecule has 0 saturated heterocycles. The standard InChI is InChI=1S/C19H31FN4S/c1-5-21-19(23-12-18(24(2)3)14-6-7-14)22-11-15-8-9-17(20)10-16(15)13-25-4/h8-10,14,18H,5-7,11-13H2,1-4H3,(H2,21,22,23). The van der Waals surface area contributed by atoms with Crippen molar-refractivity contribution in [2.24, 2.45) is 10.9 Å². The van der Waals surface area contributed by atoms with Gasteiger partial charge in [-0.05, 0) is 69.3 Å². The molecule has 0 aromatic heterocycles. The number of thioether (sulfide) groups is 1. The van der Waals surface area contributed by atoms with E-state index in [2.05, 4.69) is 36.6 Å². The first-order valence-corrected chi connectivity index (χ1v) is 10.4. The molecule has 1 aromatic carbocycles. The zero-order valence-electron chi connectivity index (χ0n) is 15.8. The smallest absolute Gasteiger partial charge is 0.191 e. The summed E-state index contributed by atoms with van der Waals surface area (Å²) in [4.78, 5) is 7.01. The Morgan fingerprint density at radius 2 is 2.08 bits per heavy atom. The summed E-state index contributed by atoms with van der Waals surface area (Å²) >= 11 is 1.70. The van der Waals surface area contributed by atoms with Crippen LogP contribution in [0.3, 0.4) is 0 Å². The summed E-state index contributed by atoms with van der Waals surface area (Å²) in [6, 6.07) is 5.53. The van der Waals surface area contributed by atoms with Gasteiger partial charge in [0.15, 0.2) is 5.96 Å². The van der Waals surface area contributed by atoms with E-state index in [-0.39, 0.29) is 5.82 Å². The number of guanidine groups is 1. The van der Waals surface area contributed by atoms with Crippen molar-refractivity contribution in [3.63, 3.8) is 0 Å². The van der Waals surface area contributed by atoms with Crippen LogP contribution < -0.4 is 10.6 Å². The van der Waals surface area contributed by atoms with Crippen LogP contribution in [0, 0.1) is 11.7 Å². The predicted octanol–water partition coefficient (Wildman–Crippen LogP) is 3.08. The molecule has 0 heterocycles. The largest absolute Gasteiger partial charge is 0.357 e. The fourth-order valence-electron chi connectivity index (χ4n) is 3.00. The molecule has 0 amide bonds. The summed E-state index contributed by atoms with van der Waals surface area (Å²) in [7, 11) is 4.28. The molecule has 0 bridgehead atoms. The van der Waals surface area contributed by atoms with Gasteiger partial charge in [0.1, 0.15) is 5.82 Å². The second-order valence-electron chi connectivity index (χ2n) is 6.79. The maximum Gasteiger partial charge on any atom is 0.191 e. The maximum absolute atomic E-state index is 13.5. The first kappa shape index (κ1) is 20.0. The summed E-state index contributed by atoms with van der Waals surface area (Å²) in [5.74, 6) is 2.25. The van der Waals surface area contributed by atoms with Crippen molar-refractivity contribution in [1.29, 1.82) is 0 Å². The zero-order valence-corrected chi connectivity index (χ0v) is 16.6. The van der Waals surface area contributed by atoms with Gasteiger partial charge < -0.3 is 15.5 Å². The topological polar surface area (TPSA) is 39.7 Å². The van der Waals surface area contributed by atoms with Gasteiger partial charge in [0, 0.05) is 24.9 Å². The van der Waals surface area contributed by atoms with Crippen LogP contribution in [0.1, 0.15) is 30.9 Å². The summed E-state index contributed by atoms with van der Waals surface area (Å²) in [6.07, 6.45) is 4.68. The molecule has 1 saturated carbocycles. The van der Waals surface area contributed by atoms with E-state index in [0.29, 0.717) is 12.6 Å². The SMILES string of the molecule is CCNC(=NCc1ccc(F)cc1CSC)NCC(C1CC1)N(C)C. The highest BCUT2D eigenvalue weighted by Gasteiger charge is 2.32. The number of nitrogens with one attached hydrogen (secondary N) is 2. The van der Waals surface area contributed by atoms with E-state index < -0.39 is 0 Å². The number of nitrogens with zero attached hydrogens (tertiary/aromatic N) is 2. The molecular weight excluding hydrogens is 335 g/mol. The molecule has 1 unspecified atom stereocenters. The molecule has 1 aromatic rings. The van der Waals surface area contributed by atoms with Crippen LogP contribution in [0.15, 0.2) is 23.2 Å². The Bertz CT molecular complexity index is 571. The van der Waals surface area contributed by atoms with Gasteiger partial charge >= 0.3 is 0 Å². The minimum absolute atomic E-state index is 0.180. The van der Waals surface area contributed by atoms with Crippen molar-refractivity contribution in [1.82, 2.24) is 15.5 Å². The molecule has 1 aliphatic carbocycles. The molecule has 0 spiro atoms. The second kappa shape index (κ2) is 10.0. The molecule has 1 aliphatic rings. The van der Waals surface area contributed by atoms with Gasteiger partial charge in [0.2, 0.25) is 0 Å². The van der Waals surface area contributed by atoms with Crippen LogP contribution in [0.4, 0.5) is 4.39 Å². The lowest BCUT2D eigenvalue weighted by Gasteiger charge is -2.25. The molecule has 1 fully saturated rings. The van der Waals surface area contributed by atoms with E-state index in [9.17, 15) is 4.39 Å². The van der Waals surface area contributed by atoms with Crippen LogP contribution in [0.5, 0.6) is 0 Å². The second-order valence-corrected chi connectivity index (χ2v) is 7.66. The van der Waals surface area contributed by atoms with Crippen molar-refractivity contribution in [3.05, 3.63) is 35.1 Å². The van der Waals surface area contributed by atoms with Crippen molar-refractivity contribution < 1.29 is 4.39 Å². The number of likely N-dealkylation sites (N-methyl/N-ethyl adjacent to an activating group) is 1. The van der Waals surface area contributed by atoms with Gasteiger partial charge in [-0.1, -0.05) is 6.07 Å². The highest BCUT2D eigenvalue weighted by Crippen LogP contribution is 2.34. The monoisotopic (exact) mass is 366 g/mol. The van der Waals surface area contributed by atoms with Gasteiger partial charge in [-0.25, -0.2) is 9.38 Å². The zero-order chi connectivity index (χ0) is 18.2. The summed E-state index contributed by atoms with van der Waals surface area (Å²) in [5, 5.41) is 6.78. The maximum atomic E-state index is 13.5. The molecule has 1 atom stereocenters. The third-order valence-corrected chi connectivity index (χ3v) is 5.13. The highest BCUT2D eigenvalue weighted by molar-refractivity contribution is 7.97. The summed E-state index contributed by atoms with van der Waals surface area (Å²) in [5.41, 5.74) is 2.11. The quantitative estimate of drug-likeness (QED) is 0.520. The van der Waals surface area contributed by atoms with E-state index >= 15 is 0 Å². The molecule has 0 aliphatic heterocycles. The lowest BCUT2D eigenvalue weighted by Crippen LogP contribution is -2.46. The van der Waals surface area contributed by atoms with E-state index in [1.165, 1.54) is 18.9 Å². The molecule has 2 rings (SSSR count). The van der Waals surface area contributed by atoms with Gasteiger partial charge in [-0.2, -0.15) is 11.8 Å². The number of rotatable bonds is 9. The Balaban J connectivity index is 2.01. The molecule has 4 nitrogen and oxygen atoms in total. The lowest BCUT2D eigenvalue weighted by molar-refractivity contribution is 0.264. The number of aliphatic imine (C=N–C) groups is 1. The molecule has 140 valence electrons. The Morgan fingerprint density at radius 3 is 2.68 bits per heavy atom. The molecule has 6 heteroatoms. The van der Waals surface area contributed by atoms with E-state index in [1.54, 1.807) is 17.8 Å². The fourth-order valence-corrected chi connectivity index (χ4v) is 3.58. The van der Waals surface area contributed by atoms with Gasteiger partial charge in [-0.3, -0.25) is 0 Å². The molecule has 2 N–H and O–H groups in total. The minimum Gasteiger partial charge on any atom is -0.357 e. The van der Waals surface area contributed by atoms with Gasteiger partial charge in [-0.15, -0.1) is 0 Å². The van der Waals surface area contributed by atoms with Crippen molar-refractivity contribution in [2.45, 2.75) is 38.1 Å². The minimum atomic E-state index is -0.180. The lowest BCUT2D eigenvalue weighted by atomic mass is 10.1. The summed E-state index contributed by atoms with van der Waals surface area (Å²) in [6.45, 7) is 4.34. The summed E-state index contributed by atoms with van der Waals surface area (Å²) < 4.78 is 13.5. The molecule has 25 heavy (non-hydrogen) atoms. The van der Waals surface area contributed by atoms with Crippen molar-refractivity contribution in [2.75, 3.05) is 33.4 Å². The Kier molecular flexibility index (Phi) is 8.03. The third kappa shape index (κ3) is 6.51. The van der Waals surface area contributed by atoms with Crippen LogP contribution in [-0.2, 0) is 12.3 Å². The van der Waals surface area contributed by atoms with E-state index in [4.69, 9.17) is 4.99 Å². The number of hydrogen-bond acceptors (Lipinski definition) is 3. The Morgan fingerprint density at radius 1 is 1.32 bits per heavy atom. The van der Waals surface area contributed by atoms with Crippen LogP contribution >= 0.6 is 11.8 Å². The van der Waals surface area contributed by atoms with E-state index in [0.717, 1.165) is 41.8 Å². The average molecular weight is 367 g/mol. The predicted molar refractivity (Wildman–Crippen MR) is 107 cm³/mol. The van der Waals surface area contributed by atoms with Crippen molar-refractivity contribution in [3.8, 4) is 0 Å².